The summed E-state index contributed by atoms with van der Waals surface area (Å²) >= 11 is 0. The highest BCUT2D eigenvalue weighted by Gasteiger charge is 2.07. The van der Waals surface area contributed by atoms with Crippen molar-refractivity contribution in [2.45, 2.75) is 13.8 Å². The molecule has 0 fully saturated rings. The number of nitrogens with one attached hydrogen (secondary N) is 2. The van der Waals surface area contributed by atoms with Crippen molar-refractivity contribution in [3.05, 3.63) is 24.2 Å². The van der Waals surface area contributed by atoms with Gasteiger partial charge in [0.1, 0.15) is 0 Å². The van der Waals surface area contributed by atoms with Crippen LogP contribution in [0.3, 0.4) is 0 Å². The first kappa shape index (κ1) is 14.1. The third-order valence-corrected chi connectivity index (χ3v) is 1.97. The summed E-state index contributed by atoms with van der Waals surface area (Å²) < 4.78 is 9.82. The summed E-state index contributed by atoms with van der Waals surface area (Å²) in [6.45, 7) is 4.91. The molecule has 1 aromatic heterocycles. The number of carbonyl (C=O) groups excluding carboxylic acids is 2. The fourth-order valence-corrected chi connectivity index (χ4v) is 1.13. The molecule has 0 aliphatic rings. The molecular formula is C12H18N2O4. The molecule has 0 aromatic carbocycles. The molecule has 0 bridgehead atoms. The molecule has 0 atom stereocenters. The fourth-order valence-electron chi connectivity index (χ4n) is 1.13. The third-order valence-electron chi connectivity index (χ3n) is 1.97. The lowest BCUT2D eigenvalue weighted by Crippen LogP contribution is -2.35. The Labute approximate surface area is 106 Å². The second kappa shape index (κ2) is 7.37. The number of amides is 2. The van der Waals surface area contributed by atoms with Gasteiger partial charge in [-0.1, -0.05) is 13.8 Å². The smallest absolute Gasteiger partial charge is 0.407 e. The number of rotatable bonds is 6. The van der Waals surface area contributed by atoms with Crippen LogP contribution in [0, 0.1) is 5.92 Å². The SMILES string of the molecule is CC(C)COC(=O)NCCNC(=O)c1ccco1. The van der Waals surface area contributed by atoms with Crippen LogP contribution in [0.4, 0.5) is 4.79 Å². The summed E-state index contributed by atoms with van der Waals surface area (Å²) in [6.07, 6.45) is 0.951. The highest BCUT2D eigenvalue weighted by molar-refractivity contribution is 5.91. The van der Waals surface area contributed by atoms with Crippen molar-refractivity contribution in [1.29, 1.82) is 0 Å². The van der Waals surface area contributed by atoms with E-state index in [0.29, 0.717) is 25.6 Å². The van der Waals surface area contributed by atoms with Gasteiger partial charge in [0, 0.05) is 13.1 Å². The zero-order chi connectivity index (χ0) is 13.4. The fraction of sp³-hybridized carbons (Fsp3) is 0.500. The molecule has 0 aliphatic heterocycles. The van der Waals surface area contributed by atoms with Gasteiger partial charge in [0.05, 0.1) is 12.9 Å². The Bertz CT molecular complexity index is 373. The van der Waals surface area contributed by atoms with E-state index in [-0.39, 0.29) is 11.7 Å². The molecular weight excluding hydrogens is 236 g/mol. The van der Waals surface area contributed by atoms with Crippen molar-refractivity contribution in [3.63, 3.8) is 0 Å². The Morgan fingerprint density at radius 2 is 2.06 bits per heavy atom. The second-order valence-electron chi connectivity index (χ2n) is 4.15. The molecule has 6 heteroatoms. The van der Waals surface area contributed by atoms with Crippen LogP contribution in [0.5, 0.6) is 0 Å². The Morgan fingerprint density at radius 3 is 2.67 bits per heavy atom. The number of hydrogen-bond donors (Lipinski definition) is 2. The van der Waals surface area contributed by atoms with Crippen molar-refractivity contribution in [1.82, 2.24) is 10.6 Å². The molecule has 2 amide bonds. The molecule has 1 aromatic rings. The van der Waals surface area contributed by atoms with Gasteiger partial charge >= 0.3 is 6.09 Å². The summed E-state index contributed by atoms with van der Waals surface area (Å²) in [5.74, 6) is 0.240. The number of furan rings is 1. The Hall–Kier alpha value is -1.98. The van der Waals surface area contributed by atoms with Crippen LogP contribution in [0.2, 0.25) is 0 Å². The summed E-state index contributed by atoms with van der Waals surface area (Å²) in [5.41, 5.74) is 0. The topological polar surface area (TPSA) is 80.6 Å². The Balaban J connectivity index is 2.08. The highest BCUT2D eigenvalue weighted by atomic mass is 16.5. The number of hydrogen-bond acceptors (Lipinski definition) is 4. The van der Waals surface area contributed by atoms with E-state index in [9.17, 15) is 9.59 Å². The van der Waals surface area contributed by atoms with E-state index in [1.807, 2.05) is 13.8 Å². The second-order valence-corrected chi connectivity index (χ2v) is 4.15. The molecule has 0 unspecified atom stereocenters. The van der Waals surface area contributed by atoms with Crippen molar-refractivity contribution in [2.75, 3.05) is 19.7 Å². The van der Waals surface area contributed by atoms with E-state index in [1.54, 1.807) is 12.1 Å². The number of alkyl carbamates (subject to hydrolysis) is 1. The van der Waals surface area contributed by atoms with Gasteiger partial charge in [-0.3, -0.25) is 4.79 Å². The van der Waals surface area contributed by atoms with Crippen molar-refractivity contribution < 1.29 is 18.7 Å². The lowest BCUT2D eigenvalue weighted by Gasteiger charge is -2.08. The van der Waals surface area contributed by atoms with Crippen LogP contribution in [0.1, 0.15) is 24.4 Å². The van der Waals surface area contributed by atoms with Gasteiger partial charge in [0.2, 0.25) is 0 Å². The van der Waals surface area contributed by atoms with Crippen molar-refractivity contribution in [2.24, 2.45) is 5.92 Å². The minimum atomic E-state index is -0.476. The lowest BCUT2D eigenvalue weighted by atomic mass is 10.2. The van der Waals surface area contributed by atoms with E-state index >= 15 is 0 Å². The molecule has 100 valence electrons. The summed E-state index contributed by atoms with van der Waals surface area (Å²) in [6, 6.07) is 3.20. The summed E-state index contributed by atoms with van der Waals surface area (Å²) in [5, 5.41) is 5.13. The van der Waals surface area contributed by atoms with Crippen LogP contribution in [-0.4, -0.2) is 31.7 Å². The average Bonchev–Trinajstić information content (AvgIpc) is 2.85. The first-order chi connectivity index (χ1) is 8.59. The average molecular weight is 254 g/mol. The van der Waals surface area contributed by atoms with Crippen molar-refractivity contribution >= 4 is 12.0 Å². The summed E-state index contributed by atoms with van der Waals surface area (Å²) in [4.78, 5) is 22.6. The monoisotopic (exact) mass is 254 g/mol. The predicted molar refractivity (Wildman–Crippen MR) is 65.2 cm³/mol. The molecule has 0 radical (unpaired) electrons. The van der Waals surface area contributed by atoms with E-state index in [0.717, 1.165) is 0 Å². The van der Waals surface area contributed by atoms with Crippen LogP contribution >= 0.6 is 0 Å². The van der Waals surface area contributed by atoms with E-state index in [2.05, 4.69) is 10.6 Å². The van der Waals surface area contributed by atoms with Gasteiger partial charge in [-0.2, -0.15) is 0 Å². The van der Waals surface area contributed by atoms with Gasteiger partial charge < -0.3 is 19.8 Å². The maximum Gasteiger partial charge on any atom is 0.407 e. The summed E-state index contributed by atoms with van der Waals surface area (Å²) in [7, 11) is 0. The molecule has 0 spiro atoms. The molecule has 2 N–H and O–H groups in total. The van der Waals surface area contributed by atoms with Gasteiger partial charge in [-0.15, -0.1) is 0 Å². The van der Waals surface area contributed by atoms with Gasteiger partial charge in [-0.05, 0) is 18.1 Å². The molecule has 18 heavy (non-hydrogen) atoms. The van der Waals surface area contributed by atoms with Crippen LogP contribution in [0.15, 0.2) is 22.8 Å². The zero-order valence-corrected chi connectivity index (χ0v) is 10.6. The molecule has 1 heterocycles. The third kappa shape index (κ3) is 5.38. The standard InChI is InChI=1S/C12H18N2O4/c1-9(2)8-18-12(16)14-6-5-13-11(15)10-4-3-7-17-10/h3-4,7,9H,5-6,8H2,1-2H3,(H,13,15)(H,14,16). The maximum atomic E-state index is 11.4. The van der Waals surface area contributed by atoms with Crippen LogP contribution < -0.4 is 10.6 Å². The van der Waals surface area contributed by atoms with Gasteiger partial charge in [0.15, 0.2) is 5.76 Å². The highest BCUT2D eigenvalue weighted by Crippen LogP contribution is 1.98. The van der Waals surface area contributed by atoms with Crippen LogP contribution in [0.25, 0.3) is 0 Å². The number of carbonyl (C=O) groups is 2. The molecule has 1 rings (SSSR count). The van der Waals surface area contributed by atoms with Crippen molar-refractivity contribution in [3.8, 4) is 0 Å². The Kier molecular flexibility index (Phi) is 5.76. The Morgan fingerprint density at radius 1 is 1.33 bits per heavy atom. The van der Waals surface area contributed by atoms with Gasteiger partial charge in [0.25, 0.3) is 5.91 Å². The minimum absolute atomic E-state index is 0.248. The van der Waals surface area contributed by atoms with E-state index in [1.165, 1.54) is 6.26 Å². The van der Waals surface area contributed by atoms with Crippen LogP contribution in [-0.2, 0) is 4.74 Å². The molecule has 0 saturated heterocycles. The number of ether oxygens (including phenoxy) is 1. The normalized spacial score (nSPS) is 10.2. The molecule has 0 saturated carbocycles. The molecule has 6 nitrogen and oxygen atoms in total. The predicted octanol–water partition coefficient (Wildman–Crippen LogP) is 1.39. The first-order valence-corrected chi connectivity index (χ1v) is 5.82. The maximum absolute atomic E-state index is 11.4. The first-order valence-electron chi connectivity index (χ1n) is 5.82. The van der Waals surface area contributed by atoms with E-state index in [4.69, 9.17) is 9.15 Å². The minimum Gasteiger partial charge on any atom is -0.459 e. The zero-order valence-electron chi connectivity index (χ0n) is 10.6. The van der Waals surface area contributed by atoms with Gasteiger partial charge in [-0.25, -0.2) is 4.79 Å². The lowest BCUT2D eigenvalue weighted by molar-refractivity contribution is 0.0924. The quantitative estimate of drug-likeness (QED) is 0.752. The molecule has 0 aliphatic carbocycles. The van der Waals surface area contributed by atoms with E-state index < -0.39 is 6.09 Å². The largest absolute Gasteiger partial charge is 0.459 e.